The lowest BCUT2D eigenvalue weighted by atomic mass is 9.60. The Morgan fingerprint density at radius 2 is 1.85 bits per heavy atom. The molecule has 3 rings (SSSR count). The summed E-state index contributed by atoms with van der Waals surface area (Å²) in [5, 5.41) is 4.91. The van der Waals surface area contributed by atoms with E-state index in [-0.39, 0.29) is 0 Å². The summed E-state index contributed by atoms with van der Waals surface area (Å²) in [6, 6.07) is 6.31. The Morgan fingerprint density at radius 3 is 2.45 bits per heavy atom. The van der Waals surface area contributed by atoms with Gasteiger partial charge >= 0.3 is 0 Å². The maximum absolute atomic E-state index is 6.28. The van der Waals surface area contributed by atoms with Gasteiger partial charge in [0.2, 0.25) is 0 Å². The van der Waals surface area contributed by atoms with Crippen LogP contribution in [0.1, 0.15) is 44.6 Å². The van der Waals surface area contributed by atoms with Crippen molar-refractivity contribution in [1.82, 2.24) is 5.32 Å². The number of benzene rings is 1. The zero-order chi connectivity index (χ0) is 14.2. The lowest BCUT2D eigenvalue weighted by molar-refractivity contribution is 0.171. The average Bonchev–Trinajstić information content (AvgIpc) is 2.98. The molecule has 110 valence electrons. The summed E-state index contributed by atoms with van der Waals surface area (Å²) in [4.78, 5) is 0. The minimum Gasteiger partial charge on any atom is -0.316 e. The van der Waals surface area contributed by atoms with Gasteiger partial charge in [0.25, 0.3) is 0 Å². The molecule has 2 fully saturated rings. The van der Waals surface area contributed by atoms with E-state index in [9.17, 15) is 0 Å². The molecule has 0 unspecified atom stereocenters. The largest absolute Gasteiger partial charge is 0.316 e. The Kier molecular flexibility index (Phi) is 4.31. The molecule has 1 saturated heterocycles. The van der Waals surface area contributed by atoms with Crippen molar-refractivity contribution in [3.05, 3.63) is 33.8 Å². The number of rotatable bonds is 2. The predicted octanol–water partition coefficient (Wildman–Crippen LogP) is 5.05. The third kappa shape index (κ3) is 2.61. The minimum atomic E-state index is 0.310. The van der Waals surface area contributed by atoms with Crippen molar-refractivity contribution < 1.29 is 0 Å². The summed E-state index contributed by atoms with van der Waals surface area (Å²) in [6.45, 7) is 4.68. The van der Waals surface area contributed by atoms with Gasteiger partial charge < -0.3 is 5.32 Å². The summed E-state index contributed by atoms with van der Waals surface area (Å²) in [5.41, 5.74) is 1.72. The van der Waals surface area contributed by atoms with Crippen molar-refractivity contribution in [2.75, 3.05) is 13.1 Å². The summed E-state index contributed by atoms with van der Waals surface area (Å²) in [7, 11) is 0. The average molecular weight is 312 g/mol. The molecule has 1 N–H and O–H groups in total. The summed E-state index contributed by atoms with van der Waals surface area (Å²) in [5.74, 6) is 1.60. The zero-order valence-electron chi connectivity index (χ0n) is 12.1. The van der Waals surface area contributed by atoms with Gasteiger partial charge in [-0.3, -0.25) is 0 Å². The van der Waals surface area contributed by atoms with Crippen LogP contribution in [0.4, 0.5) is 0 Å². The van der Waals surface area contributed by atoms with Crippen molar-refractivity contribution in [3.63, 3.8) is 0 Å². The van der Waals surface area contributed by atoms with Crippen molar-refractivity contribution in [1.29, 1.82) is 0 Å². The molecule has 1 nitrogen and oxygen atoms in total. The Labute approximate surface area is 132 Å². The molecule has 3 heteroatoms. The van der Waals surface area contributed by atoms with E-state index in [1.54, 1.807) is 0 Å². The topological polar surface area (TPSA) is 12.0 Å². The molecule has 1 aliphatic heterocycles. The summed E-state index contributed by atoms with van der Waals surface area (Å²) in [6.07, 6.45) is 6.53. The van der Waals surface area contributed by atoms with Gasteiger partial charge in [0.05, 0.1) is 10.0 Å². The molecule has 2 aliphatic rings. The lowest BCUT2D eigenvalue weighted by Crippen LogP contribution is -2.40. The SMILES string of the molecule is CC1CCC(c2ccc(Cl)c(Cl)c2)([C@@H]2CCNC2)CC1. The standard InChI is InChI=1S/C17H23Cl2N/c1-12-4-7-17(8-5-12,14-6-9-20-11-14)13-2-3-15(18)16(19)10-13/h2-3,10,12,14,20H,4-9,11H2,1H3/t12?,14-,17?/m1/s1. The van der Waals surface area contributed by atoms with Crippen LogP contribution in [-0.4, -0.2) is 13.1 Å². The van der Waals surface area contributed by atoms with Gasteiger partial charge in [-0.05, 0) is 80.1 Å². The number of hydrogen-bond donors (Lipinski definition) is 1. The van der Waals surface area contributed by atoms with E-state index in [4.69, 9.17) is 23.2 Å². The van der Waals surface area contributed by atoms with E-state index in [0.717, 1.165) is 24.9 Å². The second kappa shape index (κ2) is 5.87. The van der Waals surface area contributed by atoms with Crippen molar-refractivity contribution in [2.24, 2.45) is 11.8 Å². The fraction of sp³-hybridized carbons (Fsp3) is 0.647. The Hall–Kier alpha value is -0.240. The van der Waals surface area contributed by atoms with Gasteiger partial charge in [-0.25, -0.2) is 0 Å². The summed E-state index contributed by atoms with van der Waals surface area (Å²) < 4.78 is 0. The first kappa shape index (κ1) is 14.7. The first-order chi connectivity index (χ1) is 9.62. The second-order valence-electron chi connectivity index (χ2n) is 6.66. The van der Waals surface area contributed by atoms with Gasteiger partial charge in [-0.2, -0.15) is 0 Å². The van der Waals surface area contributed by atoms with Crippen LogP contribution in [0.25, 0.3) is 0 Å². The van der Waals surface area contributed by atoms with E-state index >= 15 is 0 Å². The Balaban J connectivity index is 1.97. The molecule has 0 amide bonds. The second-order valence-corrected chi connectivity index (χ2v) is 7.47. The number of nitrogens with one attached hydrogen (secondary N) is 1. The highest BCUT2D eigenvalue weighted by Gasteiger charge is 2.43. The zero-order valence-corrected chi connectivity index (χ0v) is 13.6. The Bertz CT molecular complexity index is 472. The highest BCUT2D eigenvalue weighted by molar-refractivity contribution is 6.42. The first-order valence-electron chi connectivity index (χ1n) is 7.78. The van der Waals surface area contributed by atoms with Crippen LogP contribution in [0.15, 0.2) is 18.2 Å². The monoisotopic (exact) mass is 311 g/mol. The minimum absolute atomic E-state index is 0.310. The molecule has 0 radical (unpaired) electrons. The van der Waals surface area contributed by atoms with Crippen LogP contribution in [-0.2, 0) is 5.41 Å². The predicted molar refractivity (Wildman–Crippen MR) is 86.7 cm³/mol. The third-order valence-electron chi connectivity index (χ3n) is 5.50. The molecule has 20 heavy (non-hydrogen) atoms. The fourth-order valence-corrected chi connectivity index (χ4v) is 4.44. The highest BCUT2D eigenvalue weighted by atomic mass is 35.5. The van der Waals surface area contributed by atoms with Crippen LogP contribution in [0.5, 0.6) is 0 Å². The molecule has 1 aromatic carbocycles. The quantitative estimate of drug-likeness (QED) is 0.805. The van der Waals surface area contributed by atoms with Crippen LogP contribution >= 0.6 is 23.2 Å². The van der Waals surface area contributed by atoms with E-state index in [1.807, 2.05) is 6.07 Å². The maximum atomic E-state index is 6.28. The van der Waals surface area contributed by atoms with Crippen molar-refractivity contribution >= 4 is 23.2 Å². The molecule has 1 heterocycles. The van der Waals surface area contributed by atoms with E-state index in [0.29, 0.717) is 15.5 Å². The van der Waals surface area contributed by atoms with Gasteiger partial charge in [-0.15, -0.1) is 0 Å². The molecule has 0 aromatic heterocycles. The van der Waals surface area contributed by atoms with Gasteiger partial charge in [0, 0.05) is 0 Å². The molecular formula is C17H23Cl2N. The van der Waals surface area contributed by atoms with Gasteiger partial charge in [-0.1, -0.05) is 36.2 Å². The van der Waals surface area contributed by atoms with Crippen molar-refractivity contribution in [2.45, 2.75) is 44.4 Å². The highest BCUT2D eigenvalue weighted by Crippen LogP contribution is 2.49. The fourth-order valence-electron chi connectivity index (χ4n) is 4.14. The molecule has 1 atom stereocenters. The van der Waals surface area contributed by atoms with E-state index < -0.39 is 0 Å². The van der Waals surface area contributed by atoms with Crippen molar-refractivity contribution in [3.8, 4) is 0 Å². The maximum Gasteiger partial charge on any atom is 0.0595 e. The molecule has 0 bridgehead atoms. The smallest absolute Gasteiger partial charge is 0.0595 e. The van der Waals surface area contributed by atoms with Crippen LogP contribution in [0, 0.1) is 11.8 Å². The Morgan fingerprint density at radius 1 is 1.10 bits per heavy atom. The van der Waals surface area contributed by atoms with E-state index in [1.165, 1.54) is 37.7 Å². The third-order valence-corrected chi connectivity index (χ3v) is 6.24. The normalized spacial score (nSPS) is 34.4. The molecule has 0 spiro atoms. The van der Waals surface area contributed by atoms with E-state index in [2.05, 4.69) is 24.4 Å². The van der Waals surface area contributed by atoms with Gasteiger partial charge in [0.1, 0.15) is 0 Å². The number of halogens is 2. The van der Waals surface area contributed by atoms with Gasteiger partial charge in [0.15, 0.2) is 0 Å². The molecule has 1 aliphatic carbocycles. The number of hydrogen-bond acceptors (Lipinski definition) is 1. The van der Waals surface area contributed by atoms with Crippen LogP contribution in [0.2, 0.25) is 10.0 Å². The lowest BCUT2D eigenvalue weighted by Gasteiger charge is -2.44. The molecule has 1 aromatic rings. The molecular weight excluding hydrogens is 289 g/mol. The first-order valence-corrected chi connectivity index (χ1v) is 8.54. The molecule has 1 saturated carbocycles. The summed E-state index contributed by atoms with van der Waals surface area (Å²) >= 11 is 12.4. The van der Waals surface area contributed by atoms with Crippen LogP contribution < -0.4 is 5.32 Å². The van der Waals surface area contributed by atoms with Crippen LogP contribution in [0.3, 0.4) is 0 Å².